The van der Waals surface area contributed by atoms with E-state index >= 15 is 0 Å². The van der Waals surface area contributed by atoms with Crippen molar-refractivity contribution in [1.82, 2.24) is 10.6 Å². The average Bonchev–Trinajstić information content (AvgIpc) is 2.88. The van der Waals surface area contributed by atoms with Crippen molar-refractivity contribution >= 4 is 11.9 Å². The van der Waals surface area contributed by atoms with Crippen molar-refractivity contribution in [3.8, 4) is 0 Å². The highest BCUT2D eigenvalue weighted by Crippen LogP contribution is 2.20. The van der Waals surface area contributed by atoms with Crippen molar-refractivity contribution < 1.29 is 9.59 Å². The lowest BCUT2D eigenvalue weighted by Crippen LogP contribution is -2.22. The summed E-state index contributed by atoms with van der Waals surface area (Å²) in [5.41, 5.74) is 3.13. The van der Waals surface area contributed by atoms with E-state index in [9.17, 15) is 9.59 Å². The molecule has 16 heavy (non-hydrogen) atoms. The van der Waals surface area contributed by atoms with Gasteiger partial charge in [-0.2, -0.15) is 0 Å². The highest BCUT2D eigenvalue weighted by atomic mass is 16.2. The molecule has 4 nitrogen and oxygen atoms in total. The Kier molecular flexibility index (Phi) is 3.19. The van der Waals surface area contributed by atoms with Gasteiger partial charge >= 0.3 is 6.03 Å². The zero-order valence-corrected chi connectivity index (χ0v) is 8.95. The van der Waals surface area contributed by atoms with Gasteiger partial charge < -0.3 is 5.32 Å². The molecule has 0 aromatic heterocycles. The maximum Gasteiger partial charge on any atom is 0.321 e. The molecule has 0 atom stereocenters. The van der Waals surface area contributed by atoms with Crippen LogP contribution in [0, 0.1) is 0 Å². The molecule has 1 aliphatic carbocycles. The van der Waals surface area contributed by atoms with Gasteiger partial charge in [-0.25, -0.2) is 4.79 Å². The molecule has 1 heterocycles. The molecule has 4 heteroatoms. The monoisotopic (exact) mass is 218 g/mol. The molecule has 0 radical (unpaired) electrons. The van der Waals surface area contributed by atoms with E-state index in [-0.39, 0.29) is 12.5 Å². The molecule has 3 amide bonds. The minimum atomic E-state index is -0.398. The summed E-state index contributed by atoms with van der Waals surface area (Å²) in [7, 11) is 0. The minimum absolute atomic E-state index is 0.124. The summed E-state index contributed by atoms with van der Waals surface area (Å²) in [6.45, 7) is 0.124. The fourth-order valence-electron chi connectivity index (χ4n) is 1.89. The number of aryl methyl sites for hydroxylation is 2. The number of hydrogen-bond acceptors (Lipinski definition) is 2. The van der Waals surface area contributed by atoms with Crippen LogP contribution < -0.4 is 10.6 Å². The van der Waals surface area contributed by atoms with Crippen molar-refractivity contribution in [3.63, 3.8) is 0 Å². The van der Waals surface area contributed by atoms with Crippen molar-refractivity contribution in [1.29, 1.82) is 0 Å². The van der Waals surface area contributed by atoms with Gasteiger partial charge in [-0.3, -0.25) is 10.1 Å². The lowest BCUT2D eigenvalue weighted by atomic mass is 10.1. The normalized spacial score (nSPS) is 17.0. The molecule has 2 aliphatic rings. The summed E-state index contributed by atoms with van der Waals surface area (Å²) in [6.07, 6.45) is 3.96. The van der Waals surface area contributed by atoms with Crippen LogP contribution in [0.3, 0.4) is 0 Å². The number of nitrogens with one attached hydrogen (secondary N) is 2. The van der Waals surface area contributed by atoms with Crippen LogP contribution >= 0.6 is 0 Å². The Hall–Kier alpha value is -1.84. The van der Waals surface area contributed by atoms with E-state index in [4.69, 9.17) is 0 Å². The van der Waals surface area contributed by atoms with Crippen LogP contribution in [0.15, 0.2) is 24.3 Å². The summed E-state index contributed by atoms with van der Waals surface area (Å²) in [5, 5.41) is 4.30. The smallest absolute Gasteiger partial charge is 0.321 e. The molecule has 1 aromatic carbocycles. The Morgan fingerprint density at radius 2 is 1.62 bits per heavy atom. The number of hydrogen-bond donors (Lipinski definition) is 2. The zero-order chi connectivity index (χ0) is 11.4. The highest BCUT2D eigenvalue weighted by molar-refractivity contribution is 6.01. The third-order valence-corrected chi connectivity index (χ3v) is 2.67. The lowest BCUT2D eigenvalue weighted by Gasteiger charge is -1.93. The number of carbonyl (C=O) groups excluding carboxylic acids is 2. The molecule has 3 rings (SSSR count). The maximum atomic E-state index is 10.1. The first-order chi connectivity index (χ1) is 7.75. The van der Waals surface area contributed by atoms with E-state index in [0.29, 0.717) is 0 Å². The van der Waals surface area contributed by atoms with Crippen LogP contribution in [0.4, 0.5) is 4.79 Å². The van der Waals surface area contributed by atoms with Crippen molar-refractivity contribution in [2.24, 2.45) is 0 Å². The van der Waals surface area contributed by atoms with E-state index in [1.807, 2.05) is 5.32 Å². The van der Waals surface area contributed by atoms with E-state index < -0.39 is 6.03 Å². The number of urea groups is 1. The molecule has 1 fully saturated rings. The first kappa shape index (κ1) is 10.7. The molecule has 2 N–H and O–H groups in total. The number of benzene rings is 1. The SMILES string of the molecule is O=C1CNC(=O)N1.c1ccc2c(c1)CCC2. The van der Waals surface area contributed by atoms with Crippen molar-refractivity contribution in [3.05, 3.63) is 35.4 Å². The van der Waals surface area contributed by atoms with Gasteiger partial charge in [0.05, 0.1) is 6.54 Å². The molecule has 1 aromatic rings. The topological polar surface area (TPSA) is 58.2 Å². The van der Waals surface area contributed by atoms with Gasteiger partial charge in [-0.1, -0.05) is 24.3 Å². The van der Waals surface area contributed by atoms with Gasteiger partial charge in [-0.05, 0) is 30.4 Å². The van der Waals surface area contributed by atoms with Gasteiger partial charge in [0.1, 0.15) is 0 Å². The van der Waals surface area contributed by atoms with Gasteiger partial charge in [0.15, 0.2) is 0 Å². The van der Waals surface area contributed by atoms with Crippen LogP contribution in [0.25, 0.3) is 0 Å². The van der Waals surface area contributed by atoms with Crippen molar-refractivity contribution in [2.45, 2.75) is 19.3 Å². The molecule has 0 spiro atoms. The molecular formula is C12H14N2O2. The Bertz CT molecular complexity index is 378. The molecule has 1 saturated heterocycles. The standard InChI is InChI=1S/C9H10.C3H4N2O2/c1-2-5-9-7-3-6-8(9)4-1;6-2-1-4-3(7)5-2/h1-2,4-5H,3,6-7H2;1H2,(H2,4,5,6,7). The summed E-state index contributed by atoms with van der Waals surface area (Å²) in [6, 6.07) is 8.34. The summed E-state index contributed by atoms with van der Waals surface area (Å²) < 4.78 is 0. The summed E-state index contributed by atoms with van der Waals surface area (Å²) in [4.78, 5) is 20.1. The largest absolute Gasteiger partial charge is 0.329 e. The van der Waals surface area contributed by atoms with Gasteiger partial charge in [0, 0.05) is 0 Å². The zero-order valence-electron chi connectivity index (χ0n) is 8.95. The van der Waals surface area contributed by atoms with E-state index in [2.05, 4.69) is 29.6 Å². The lowest BCUT2D eigenvalue weighted by molar-refractivity contribution is -0.117. The summed E-state index contributed by atoms with van der Waals surface area (Å²) >= 11 is 0. The van der Waals surface area contributed by atoms with Crippen LogP contribution in [0.5, 0.6) is 0 Å². The van der Waals surface area contributed by atoms with E-state index in [0.717, 1.165) is 0 Å². The average molecular weight is 218 g/mol. The molecule has 1 aliphatic heterocycles. The number of amides is 3. The van der Waals surface area contributed by atoms with Crippen LogP contribution in [0.2, 0.25) is 0 Å². The highest BCUT2D eigenvalue weighted by Gasteiger charge is 2.14. The molecule has 0 unspecified atom stereocenters. The number of rotatable bonds is 0. The Balaban J connectivity index is 0.000000125. The fraction of sp³-hybridized carbons (Fsp3) is 0.333. The number of imide groups is 1. The summed E-state index contributed by atoms with van der Waals surface area (Å²) in [5.74, 6) is -0.259. The third-order valence-electron chi connectivity index (χ3n) is 2.67. The first-order valence-corrected chi connectivity index (χ1v) is 5.40. The van der Waals surface area contributed by atoms with Gasteiger partial charge in [0.25, 0.3) is 0 Å². The fourth-order valence-corrected chi connectivity index (χ4v) is 1.89. The van der Waals surface area contributed by atoms with Crippen LogP contribution in [-0.4, -0.2) is 18.5 Å². The van der Waals surface area contributed by atoms with Gasteiger partial charge in [0.2, 0.25) is 5.91 Å². The first-order valence-electron chi connectivity index (χ1n) is 5.40. The second kappa shape index (κ2) is 4.79. The van der Waals surface area contributed by atoms with Crippen LogP contribution in [-0.2, 0) is 17.6 Å². The Morgan fingerprint density at radius 1 is 1.00 bits per heavy atom. The number of carbonyl (C=O) groups is 2. The molecule has 0 bridgehead atoms. The second-order valence-electron chi connectivity index (χ2n) is 3.85. The molecular weight excluding hydrogens is 204 g/mol. The number of fused-ring (bicyclic) bond motifs is 1. The predicted octanol–water partition coefficient (Wildman–Crippen LogP) is 1.00. The van der Waals surface area contributed by atoms with E-state index in [1.54, 1.807) is 11.1 Å². The van der Waals surface area contributed by atoms with Gasteiger partial charge in [-0.15, -0.1) is 0 Å². The third kappa shape index (κ3) is 2.59. The Labute approximate surface area is 94.0 Å². The van der Waals surface area contributed by atoms with Crippen LogP contribution in [0.1, 0.15) is 17.5 Å². The van der Waals surface area contributed by atoms with E-state index in [1.165, 1.54) is 19.3 Å². The quantitative estimate of drug-likeness (QED) is 0.638. The molecule has 84 valence electrons. The molecule has 0 saturated carbocycles. The predicted molar refractivity (Wildman–Crippen MR) is 60.0 cm³/mol. The second-order valence-corrected chi connectivity index (χ2v) is 3.85. The maximum absolute atomic E-state index is 10.1. The van der Waals surface area contributed by atoms with Crippen molar-refractivity contribution in [2.75, 3.05) is 6.54 Å². The minimum Gasteiger partial charge on any atom is -0.329 e. The Morgan fingerprint density at radius 3 is 2.00 bits per heavy atom.